The molecular formula is C20H27N5O2. The number of methoxy groups -OCH3 is 1. The fourth-order valence-corrected chi connectivity index (χ4v) is 3.59. The Kier molecular flexibility index (Phi) is 5.69. The zero-order valence-corrected chi connectivity index (χ0v) is 15.9. The third-order valence-corrected chi connectivity index (χ3v) is 5.17. The minimum Gasteiger partial charge on any atom is -0.497 e. The Labute approximate surface area is 160 Å². The molecule has 0 atom stereocenters. The van der Waals surface area contributed by atoms with Crippen LogP contribution in [0.1, 0.15) is 5.69 Å². The Morgan fingerprint density at radius 2 is 1.81 bits per heavy atom. The number of ether oxygens (including phenoxy) is 2. The van der Waals surface area contributed by atoms with Gasteiger partial charge in [0.1, 0.15) is 5.75 Å². The van der Waals surface area contributed by atoms with E-state index in [0.717, 1.165) is 76.4 Å². The van der Waals surface area contributed by atoms with Crippen molar-refractivity contribution in [3.8, 4) is 5.75 Å². The van der Waals surface area contributed by atoms with Crippen molar-refractivity contribution in [3.05, 3.63) is 42.2 Å². The lowest BCUT2D eigenvalue weighted by molar-refractivity contribution is 0.122. The minimum atomic E-state index is 0.750. The summed E-state index contributed by atoms with van der Waals surface area (Å²) in [5.74, 6) is 1.73. The van der Waals surface area contributed by atoms with Crippen LogP contribution in [0.4, 0.5) is 11.6 Å². The number of aromatic nitrogens is 2. The average molecular weight is 369 g/mol. The summed E-state index contributed by atoms with van der Waals surface area (Å²) in [7, 11) is 1.71. The summed E-state index contributed by atoms with van der Waals surface area (Å²) in [5, 5.41) is 0. The molecule has 0 bridgehead atoms. The number of morpholine rings is 1. The number of hydrogen-bond donors (Lipinski definition) is 0. The van der Waals surface area contributed by atoms with Crippen molar-refractivity contribution in [2.45, 2.75) is 6.54 Å². The Hall–Kier alpha value is -2.38. The molecule has 2 aliphatic rings. The first-order valence-corrected chi connectivity index (χ1v) is 9.58. The second-order valence-electron chi connectivity index (χ2n) is 6.91. The van der Waals surface area contributed by atoms with Crippen LogP contribution in [0.25, 0.3) is 0 Å². The van der Waals surface area contributed by atoms with E-state index in [9.17, 15) is 0 Å². The van der Waals surface area contributed by atoms with Crippen molar-refractivity contribution >= 4 is 11.6 Å². The third kappa shape index (κ3) is 4.48. The number of nitrogens with zero attached hydrogens (tertiary/aromatic N) is 5. The molecule has 2 fully saturated rings. The van der Waals surface area contributed by atoms with E-state index < -0.39 is 0 Å². The summed E-state index contributed by atoms with van der Waals surface area (Å²) in [5.41, 5.74) is 2.31. The predicted molar refractivity (Wildman–Crippen MR) is 106 cm³/mol. The molecule has 0 unspecified atom stereocenters. The highest BCUT2D eigenvalue weighted by Gasteiger charge is 2.19. The molecule has 0 radical (unpaired) electrons. The van der Waals surface area contributed by atoms with E-state index >= 15 is 0 Å². The van der Waals surface area contributed by atoms with E-state index in [1.54, 1.807) is 7.11 Å². The van der Waals surface area contributed by atoms with Crippen LogP contribution < -0.4 is 14.5 Å². The zero-order valence-electron chi connectivity index (χ0n) is 15.9. The molecule has 0 saturated carbocycles. The number of benzene rings is 1. The number of piperazine rings is 1. The van der Waals surface area contributed by atoms with Gasteiger partial charge in [0.2, 0.25) is 5.95 Å². The first kappa shape index (κ1) is 18.0. The Morgan fingerprint density at radius 3 is 2.59 bits per heavy atom. The van der Waals surface area contributed by atoms with Crippen LogP contribution in [0.5, 0.6) is 5.75 Å². The average Bonchev–Trinajstić information content (AvgIpc) is 2.75. The summed E-state index contributed by atoms with van der Waals surface area (Å²) in [6, 6.07) is 10.3. The molecule has 2 aliphatic heterocycles. The molecule has 27 heavy (non-hydrogen) atoms. The molecule has 4 rings (SSSR count). The quantitative estimate of drug-likeness (QED) is 0.794. The van der Waals surface area contributed by atoms with Gasteiger partial charge in [-0.1, -0.05) is 6.07 Å². The SMILES string of the molecule is COc1cccc(N2CCN(Cc3ccnc(N4CCOCC4)n3)CC2)c1. The van der Waals surface area contributed by atoms with Gasteiger partial charge in [-0.15, -0.1) is 0 Å². The maximum atomic E-state index is 5.42. The first-order valence-electron chi connectivity index (χ1n) is 9.58. The van der Waals surface area contributed by atoms with E-state index in [1.165, 1.54) is 5.69 Å². The van der Waals surface area contributed by atoms with Gasteiger partial charge in [0.05, 0.1) is 26.0 Å². The molecule has 2 aromatic rings. The van der Waals surface area contributed by atoms with E-state index in [-0.39, 0.29) is 0 Å². The van der Waals surface area contributed by atoms with Gasteiger partial charge in [-0.05, 0) is 18.2 Å². The standard InChI is InChI=1S/C20H27N5O2/c1-26-19-4-2-3-18(15-19)24-9-7-23(8-10-24)16-17-5-6-21-20(22-17)25-11-13-27-14-12-25/h2-6,15H,7-14,16H2,1H3. The second-order valence-corrected chi connectivity index (χ2v) is 6.91. The third-order valence-electron chi connectivity index (χ3n) is 5.17. The van der Waals surface area contributed by atoms with Crippen LogP contribution in [-0.2, 0) is 11.3 Å². The lowest BCUT2D eigenvalue weighted by Crippen LogP contribution is -2.46. The zero-order chi connectivity index (χ0) is 18.5. The van der Waals surface area contributed by atoms with E-state index in [4.69, 9.17) is 14.5 Å². The second kappa shape index (κ2) is 8.54. The highest BCUT2D eigenvalue weighted by atomic mass is 16.5. The van der Waals surface area contributed by atoms with Gasteiger partial charge < -0.3 is 19.3 Å². The molecular weight excluding hydrogens is 342 g/mol. The van der Waals surface area contributed by atoms with Gasteiger partial charge in [-0.2, -0.15) is 0 Å². The van der Waals surface area contributed by atoms with Crippen LogP contribution in [0, 0.1) is 0 Å². The van der Waals surface area contributed by atoms with Crippen molar-refractivity contribution in [2.24, 2.45) is 0 Å². The molecule has 1 aromatic heterocycles. The molecule has 144 valence electrons. The van der Waals surface area contributed by atoms with E-state index in [2.05, 4.69) is 37.9 Å². The molecule has 0 aliphatic carbocycles. The van der Waals surface area contributed by atoms with Crippen molar-refractivity contribution in [2.75, 3.05) is 69.4 Å². The summed E-state index contributed by atoms with van der Waals surface area (Å²) >= 11 is 0. The predicted octanol–water partition coefficient (Wildman–Crippen LogP) is 1.64. The van der Waals surface area contributed by atoms with Crippen LogP contribution in [0.2, 0.25) is 0 Å². The summed E-state index contributed by atoms with van der Waals surface area (Å²) in [6.45, 7) is 8.15. The van der Waals surface area contributed by atoms with Crippen molar-refractivity contribution < 1.29 is 9.47 Å². The van der Waals surface area contributed by atoms with Crippen LogP contribution in [0.15, 0.2) is 36.5 Å². The number of hydrogen-bond acceptors (Lipinski definition) is 7. The van der Waals surface area contributed by atoms with Gasteiger partial charge >= 0.3 is 0 Å². The van der Waals surface area contributed by atoms with Gasteiger partial charge in [0.15, 0.2) is 0 Å². The molecule has 0 amide bonds. The lowest BCUT2D eigenvalue weighted by Gasteiger charge is -2.36. The molecule has 0 N–H and O–H groups in total. The Morgan fingerprint density at radius 1 is 1.00 bits per heavy atom. The van der Waals surface area contributed by atoms with Crippen molar-refractivity contribution in [1.29, 1.82) is 0 Å². The highest BCUT2D eigenvalue weighted by Crippen LogP contribution is 2.22. The van der Waals surface area contributed by atoms with Crippen LogP contribution >= 0.6 is 0 Å². The molecule has 1 aromatic carbocycles. The first-order chi connectivity index (χ1) is 13.3. The number of anilines is 2. The summed E-state index contributed by atoms with van der Waals surface area (Å²) in [4.78, 5) is 16.3. The van der Waals surface area contributed by atoms with Gasteiger partial charge in [-0.3, -0.25) is 4.90 Å². The van der Waals surface area contributed by atoms with Crippen molar-refractivity contribution in [3.63, 3.8) is 0 Å². The molecule has 7 heteroatoms. The number of rotatable bonds is 5. The smallest absolute Gasteiger partial charge is 0.225 e. The maximum absolute atomic E-state index is 5.42. The molecule has 2 saturated heterocycles. The van der Waals surface area contributed by atoms with Crippen molar-refractivity contribution in [1.82, 2.24) is 14.9 Å². The largest absolute Gasteiger partial charge is 0.497 e. The van der Waals surface area contributed by atoms with E-state index in [1.807, 2.05) is 18.3 Å². The Balaban J connectivity index is 1.34. The molecule has 0 spiro atoms. The Bertz CT molecular complexity index is 743. The molecule has 3 heterocycles. The summed E-state index contributed by atoms with van der Waals surface area (Å²) < 4.78 is 10.8. The van der Waals surface area contributed by atoms with Gasteiger partial charge in [0.25, 0.3) is 0 Å². The highest BCUT2D eigenvalue weighted by molar-refractivity contribution is 5.51. The van der Waals surface area contributed by atoms with E-state index in [0.29, 0.717) is 0 Å². The van der Waals surface area contributed by atoms with Gasteiger partial charge in [-0.25, -0.2) is 9.97 Å². The fourth-order valence-electron chi connectivity index (χ4n) is 3.59. The van der Waals surface area contributed by atoms with Crippen LogP contribution in [0.3, 0.4) is 0 Å². The minimum absolute atomic E-state index is 0.750. The summed E-state index contributed by atoms with van der Waals surface area (Å²) in [6.07, 6.45) is 1.87. The van der Waals surface area contributed by atoms with Gasteiger partial charge in [0, 0.05) is 63.8 Å². The topological polar surface area (TPSA) is 54.0 Å². The maximum Gasteiger partial charge on any atom is 0.225 e. The lowest BCUT2D eigenvalue weighted by atomic mass is 10.2. The normalized spacial score (nSPS) is 18.6. The fraction of sp³-hybridized carbons (Fsp3) is 0.500. The molecule has 7 nitrogen and oxygen atoms in total. The van der Waals surface area contributed by atoms with Crippen LogP contribution in [-0.4, -0.2) is 74.5 Å². The monoisotopic (exact) mass is 369 g/mol.